The number of nitrogens with zero attached hydrogens (tertiary/aromatic N) is 2. The van der Waals surface area contributed by atoms with Crippen molar-refractivity contribution >= 4 is 12.0 Å². The number of aromatic nitrogens is 1. The quantitative estimate of drug-likeness (QED) is 0.640. The first-order valence-electron chi connectivity index (χ1n) is 4.55. The summed E-state index contributed by atoms with van der Waals surface area (Å²) in [4.78, 5) is 16.8. The largest absolute Gasteiger partial charge is 0.370 e. The van der Waals surface area contributed by atoms with Crippen LogP contribution < -0.4 is 4.90 Å². The number of hydrogen-bond donors (Lipinski definition) is 0. The van der Waals surface area contributed by atoms with Crippen molar-refractivity contribution < 1.29 is 4.79 Å². The molecule has 0 unspecified atom stereocenters. The Balaban J connectivity index is 2.23. The Hall–Kier alpha value is -1.38. The maximum Gasteiger partial charge on any atom is 0.151 e. The summed E-state index contributed by atoms with van der Waals surface area (Å²) in [6.45, 7) is 2.17. The fourth-order valence-corrected chi connectivity index (χ4v) is 1.66. The van der Waals surface area contributed by atoms with E-state index >= 15 is 0 Å². The SMILES string of the molecule is O=Cc1cncc(N2CCCC2)c1. The van der Waals surface area contributed by atoms with Gasteiger partial charge in [0.2, 0.25) is 0 Å². The second kappa shape index (κ2) is 3.56. The molecule has 0 bridgehead atoms. The van der Waals surface area contributed by atoms with Crippen molar-refractivity contribution in [2.75, 3.05) is 18.0 Å². The molecule has 68 valence electrons. The molecule has 0 aliphatic carbocycles. The number of hydrogen-bond acceptors (Lipinski definition) is 3. The van der Waals surface area contributed by atoms with Crippen LogP contribution in [0, 0.1) is 0 Å². The van der Waals surface area contributed by atoms with Crippen LogP contribution in [0.5, 0.6) is 0 Å². The third-order valence-electron chi connectivity index (χ3n) is 2.35. The Morgan fingerprint density at radius 2 is 2.08 bits per heavy atom. The van der Waals surface area contributed by atoms with E-state index in [0.717, 1.165) is 25.1 Å². The van der Waals surface area contributed by atoms with Crippen LogP contribution in [-0.2, 0) is 0 Å². The molecule has 0 N–H and O–H groups in total. The van der Waals surface area contributed by atoms with Crippen LogP contribution in [0.15, 0.2) is 18.5 Å². The molecule has 1 aromatic heterocycles. The van der Waals surface area contributed by atoms with Crippen molar-refractivity contribution in [1.29, 1.82) is 0 Å². The molecule has 0 atom stereocenters. The number of anilines is 1. The average Bonchev–Trinajstić information content (AvgIpc) is 2.71. The highest BCUT2D eigenvalue weighted by atomic mass is 16.1. The summed E-state index contributed by atoms with van der Waals surface area (Å²) in [6.07, 6.45) is 6.73. The molecular formula is C10H12N2O. The van der Waals surface area contributed by atoms with Crippen molar-refractivity contribution in [3.05, 3.63) is 24.0 Å². The minimum Gasteiger partial charge on any atom is -0.370 e. The molecule has 1 aromatic rings. The summed E-state index contributed by atoms with van der Waals surface area (Å²) >= 11 is 0. The molecule has 1 fully saturated rings. The van der Waals surface area contributed by atoms with Gasteiger partial charge in [0.15, 0.2) is 6.29 Å². The second-order valence-corrected chi connectivity index (χ2v) is 3.29. The zero-order chi connectivity index (χ0) is 9.10. The summed E-state index contributed by atoms with van der Waals surface area (Å²) in [6, 6.07) is 1.89. The van der Waals surface area contributed by atoms with Crippen LogP contribution in [0.1, 0.15) is 23.2 Å². The minimum absolute atomic E-state index is 0.657. The van der Waals surface area contributed by atoms with E-state index in [0.29, 0.717) is 5.56 Å². The van der Waals surface area contributed by atoms with Gasteiger partial charge in [-0.05, 0) is 18.9 Å². The highest BCUT2D eigenvalue weighted by Gasteiger charge is 2.12. The van der Waals surface area contributed by atoms with Crippen molar-refractivity contribution in [3.8, 4) is 0 Å². The predicted octanol–water partition coefficient (Wildman–Crippen LogP) is 1.49. The normalized spacial score (nSPS) is 16.2. The van der Waals surface area contributed by atoms with E-state index in [9.17, 15) is 4.79 Å². The number of pyridine rings is 1. The van der Waals surface area contributed by atoms with Gasteiger partial charge >= 0.3 is 0 Å². The average molecular weight is 176 g/mol. The van der Waals surface area contributed by atoms with Crippen LogP contribution >= 0.6 is 0 Å². The molecule has 0 aromatic carbocycles. The molecule has 0 saturated carbocycles. The van der Waals surface area contributed by atoms with E-state index in [1.165, 1.54) is 12.8 Å². The van der Waals surface area contributed by atoms with Crippen LogP contribution in [-0.4, -0.2) is 24.4 Å². The minimum atomic E-state index is 0.657. The zero-order valence-corrected chi connectivity index (χ0v) is 7.44. The van der Waals surface area contributed by atoms with Gasteiger partial charge in [0.05, 0.1) is 11.9 Å². The van der Waals surface area contributed by atoms with E-state index in [1.54, 1.807) is 6.20 Å². The lowest BCUT2D eigenvalue weighted by molar-refractivity contribution is 0.112. The molecule has 2 rings (SSSR count). The van der Waals surface area contributed by atoms with Gasteiger partial charge in [-0.25, -0.2) is 0 Å². The standard InChI is InChI=1S/C10H12N2O/c13-8-9-5-10(7-11-6-9)12-3-1-2-4-12/h5-8H,1-4H2. The first-order valence-corrected chi connectivity index (χ1v) is 4.55. The van der Waals surface area contributed by atoms with Gasteiger partial charge in [0, 0.05) is 24.8 Å². The number of aldehydes is 1. The fourth-order valence-electron chi connectivity index (χ4n) is 1.66. The lowest BCUT2D eigenvalue weighted by Crippen LogP contribution is -2.17. The van der Waals surface area contributed by atoms with Crippen LogP contribution in [0.3, 0.4) is 0 Å². The van der Waals surface area contributed by atoms with Crippen molar-refractivity contribution in [3.63, 3.8) is 0 Å². The summed E-state index contributed by atoms with van der Waals surface area (Å²) in [7, 11) is 0. The lowest BCUT2D eigenvalue weighted by Gasteiger charge is -2.16. The van der Waals surface area contributed by atoms with Gasteiger partial charge in [-0.15, -0.1) is 0 Å². The van der Waals surface area contributed by atoms with E-state index in [4.69, 9.17) is 0 Å². The first-order chi connectivity index (χ1) is 6.40. The molecule has 0 spiro atoms. The Bertz CT molecular complexity index is 306. The summed E-state index contributed by atoms with van der Waals surface area (Å²) in [5, 5.41) is 0. The Morgan fingerprint density at radius 1 is 1.31 bits per heavy atom. The summed E-state index contributed by atoms with van der Waals surface area (Å²) < 4.78 is 0. The Morgan fingerprint density at radius 3 is 2.77 bits per heavy atom. The monoisotopic (exact) mass is 176 g/mol. The number of carbonyl (C=O) groups excluding carboxylic acids is 1. The third-order valence-corrected chi connectivity index (χ3v) is 2.35. The third kappa shape index (κ3) is 1.69. The lowest BCUT2D eigenvalue weighted by atomic mass is 10.3. The van der Waals surface area contributed by atoms with Crippen molar-refractivity contribution in [1.82, 2.24) is 4.98 Å². The van der Waals surface area contributed by atoms with Gasteiger partial charge in [0.1, 0.15) is 0 Å². The van der Waals surface area contributed by atoms with E-state index in [2.05, 4.69) is 9.88 Å². The van der Waals surface area contributed by atoms with Crippen LogP contribution in [0.25, 0.3) is 0 Å². The fraction of sp³-hybridized carbons (Fsp3) is 0.400. The number of rotatable bonds is 2. The van der Waals surface area contributed by atoms with Gasteiger partial charge in [-0.1, -0.05) is 0 Å². The van der Waals surface area contributed by atoms with E-state index in [-0.39, 0.29) is 0 Å². The number of carbonyl (C=O) groups is 1. The van der Waals surface area contributed by atoms with Crippen LogP contribution in [0.2, 0.25) is 0 Å². The molecule has 3 nitrogen and oxygen atoms in total. The molecule has 1 aliphatic heterocycles. The first kappa shape index (κ1) is 8.23. The zero-order valence-electron chi connectivity index (χ0n) is 7.44. The van der Waals surface area contributed by atoms with E-state index < -0.39 is 0 Å². The van der Waals surface area contributed by atoms with Gasteiger partial charge in [0.25, 0.3) is 0 Å². The topological polar surface area (TPSA) is 33.2 Å². The summed E-state index contributed by atoms with van der Waals surface area (Å²) in [5.74, 6) is 0. The Kier molecular flexibility index (Phi) is 2.25. The summed E-state index contributed by atoms with van der Waals surface area (Å²) in [5.41, 5.74) is 1.73. The molecule has 0 radical (unpaired) electrons. The van der Waals surface area contributed by atoms with Crippen molar-refractivity contribution in [2.45, 2.75) is 12.8 Å². The molecule has 1 aliphatic rings. The highest BCUT2D eigenvalue weighted by Crippen LogP contribution is 2.19. The van der Waals surface area contributed by atoms with Crippen LogP contribution in [0.4, 0.5) is 5.69 Å². The molecule has 13 heavy (non-hydrogen) atoms. The molecule has 1 saturated heterocycles. The van der Waals surface area contributed by atoms with Gasteiger partial charge in [-0.3, -0.25) is 9.78 Å². The maximum absolute atomic E-state index is 10.5. The predicted molar refractivity (Wildman–Crippen MR) is 51.1 cm³/mol. The smallest absolute Gasteiger partial charge is 0.151 e. The molecule has 2 heterocycles. The Labute approximate surface area is 77.4 Å². The maximum atomic E-state index is 10.5. The second-order valence-electron chi connectivity index (χ2n) is 3.29. The van der Waals surface area contributed by atoms with Crippen molar-refractivity contribution in [2.24, 2.45) is 0 Å². The molecule has 3 heteroatoms. The highest BCUT2D eigenvalue weighted by molar-refractivity contribution is 5.76. The molecule has 0 amide bonds. The van der Waals surface area contributed by atoms with Gasteiger partial charge in [-0.2, -0.15) is 0 Å². The van der Waals surface area contributed by atoms with Gasteiger partial charge < -0.3 is 4.90 Å². The van der Waals surface area contributed by atoms with E-state index in [1.807, 2.05) is 12.3 Å². The molecular weight excluding hydrogens is 164 g/mol.